The summed E-state index contributed by atoms with van der Waals surface area (Å²) in [6.07, 6.45) is 4.89. The van der Waals surface area contributed by atoms with Crippen LogP contribution >= 0.6 is 0 Å². The predicted molar refractivity (Wildman–Crippen MR) is 109 cm³/mol. The Kier molecular flexibility index (Phi) is 4.01. The first-order valence-corrected chi connectivity index (χ1v) is 11.1. The van der Waals surface area contributed by atoms with Gasteiger partial charge >= 0.3 is 0 Å². The van der Waals surface area contributed by atoms with E-state index in [2.05, 4.69) is 22.1 Å². The van der Waals surface area contributed by atoms with Gasteiger partial charge in [0, 0.05) is 18.2 Å². The smallest absolute Gasteiger partial charge is 0.269 e. The molecule has 1 aromatic carbocycles. The number of aryl methyl sites for hydroxylation is 1. The first-order valence-electron chi connectivity index (χ1n) is 9.65. The minimum Gasteiger partial charge on any atom is -0.328 e. The maximum Gasteiger partial charge on any atom is 0.269 e. The van der Waals surface area contributed by atoms with Crippen molar-refractivity contribution < 1.29 is 8.42 Å². The fraction of sp³-hybridized carbons (Fsp3) is 0.350. The van der Waals surface area contributed by atoms with E-state index < -0.39 is 10.0 Å². The van der Waals surface area contributed by atoms with Gasteiger partial charge < -0.3 is 5.73 Å². The molecule has 3 atom stereocenters. The first kappa shape index (κ1) is 18.3. The molecule has 9 heteroatoms. The van der Waals surface area contributed by atoms with Crippen molar-refractivity contribution in [1.82, 2.24) is 23.6 Å². The van der Waals surface area contributed by atoms with Crippen LogP contribution < -0.4 is 5.73 Å². The fourth-order valence-electron chi connectivity index (χ4n) is 4.37. The van der Waals surface area contributed by atoms with Crippen LogP contribution in [0.3, 0.4) is 0 Å². The third-order valence-corrected chi connectivity index (χ3v) is 7.57. The fourth-order valence-corrected chi connectivity index (χ4v) is 5.66. The molecule has 4 aromatic rings. The number of rotatable bonds is 3. The van der Waals surface area contributed by atoms with Gasteiger partial charge in [0.15, 0.2) is 11.3 Å². The molecule has 2 N–H and O–H groups in total. The van der Waals surface area contributed by atoms with Crippen LogP contribution in [-0.4, -0.2) is 38.0 Å². The van der Waals surface area contributed by atoms with Crippen molar-refractivity contribution in [3.05, 3.63) is 54.1 Å². The predicted octanol–water partition coefficient (Wildman–Crippen LogP) is 2.47. The minimum absolute atomic E-state index is 0.145. The molecular formula is C20H22N6O2S. The Morgan fingerprint density at radius 2 is 1.86 bits per heavy atom. The average molecular weight is 411 g/mol. The molecule has 5 rings (SSSR count). The SMILES string of the molecule is Cc1ccc(S(=O)(=O)n2ccc3c2ncc2nnc(C4C[C@@H](N)C[C@H]4C)n23)cc1. The normalized spacial score (nSPS) is 22.7. The van der Waals surface area contributed by atoms with E-state index >= 15 is 0 Å². The lowest BCUT2D eigenvalue weighted by molar-refractivity contribution is 0.507. The van der Waals surface area contributed by atoms with Crippen LogP contribution in [0.5, 0.6) is 0 Å². The van der Waals surface area contributed by atoms with E-state index in [-0.39, 0.29) is 16.9 Å². The molecule has 0 amide bonds. The summed E-state index contributed by atoms with van der Waals surface area (Å²) >= 11 is 0. The molecule has 8 nitrogen and oxygen atoms in total. The molecule has 0 saturated heterocycles. The Labute approximate surface area is 168 Å². The van der Waals surface area contributed by atoms with Crippen molar-refractivity contribution in [2.24, 2.45) is 11.7 Å². The van der Waals surface area contributed by atoms with Crippen molar-refractivity contribution in [2.45, 2.75) is 43.5 Å². The van der Waals surface area contributed by atoms with Crippen LogP contribution in [0.25, 0.3) is 16.8 Å². The van der Waals surface area contributed by atoms with Gasteiger partial charge in [0.25, 0.3) is 10.0 Å². The number of hydrogen-bond donors (Lipinski definition) is 1. The second-order valence-corrected chi connectivity index (χ2v) is 9.78. The molecule has 0 spiro atoms. The van der Waals surface area contributed by atoms with Crippen LogP contribution in [-0.2, 0) is 10.0 Å². The van der Waals surface area contributed by atoms with E-state index in [9.17, 15) is 8.42 Å². The average Bonchev–Trinajstić information content (AvgIpc) is 3.37. The number of nitrogens with zero attached hydrogens (tertiary/aromatic N) is 5. The molecule has 3 aromatic heterocycles. The topological polar surface area (TPSA) is 108 Å². The summed E-state index contributed by atoms with van der Waals surface area (Å²) in [7, 11) is -3.76. The Balaban J connectivity index is 1.70. The highest BCUT2D eigenvalue weighted by Crippen LogP contribution is 2.38. The molecule has 1 saturated carbocycles. The molecule has 1 fully saturated rings. The van der Waals surface area contributed by atoms with Crippen molar-refractivity contribution in [3.8, 4) is 0 Å². The van der Waals surface area contributed by atoms with Gasteiger partial charge in [0.2, 0.25) is 0 Å². The number of benzene rings is 1. The lowest BCUT2D eigenvalue weighted by Crippen LogP contribution is -2.15. The largest absolute Gasteiger partial charge is 0.328 e. The zero-order valence-electron chi connectivity index (χ0n) is 16.2. The van der Waals surface area contributed by atoms with E-state index in [1.54, 1.807) is 42.7 Å². The molecule has 29 heavy (non-hydrogen) atoms. The zero-order valence-corrected chi connectivity index (χ0v) is 17.0. The van der Waals surface area contributed by atoms with E-state index in [1.807, 2.05) is 11.3 Å². The van der Waals surface area contributed by atoms with Crippen molar-refractivity contribution in [3.63, 3.8) is 0 Å². The highest BCUT2D eigenvalue weighted by molar-refractivity contribution is 7.90. The molecule has 0 radical (unpaired) electrons. The number of fused-ring (bicyclic) bond motifs is 3. The summed E-state index contributed by atoms with van der Waals surface area (Å²) in [6, 6.07) is 8.69. The van der Waals surface area contributed by atoms with Gasteiger partial charge in [-0.2, -0.15) is 0 Å². The second-order valence-electron chi connectivity index (χ2n) is 7.96. The second kappa shape index (κ2) is 6.36. The molecule has 1 aliphatic carbocycles. The van der Waals surface area contributed by atoms with E-state index in [0.717, 1.165) is 24.2 Å². The highest BCUT2D eigenvalue weighted by Gasteiger charge is 2.34. The summed E-state index contributed by atoms with van der Waals surface area (Å²) in [5.74, 6) is 1.39. The molecule has 0 aliphatic heterocycles. The summed E-state index contributed by atoms with van der Waals surface area (Å²) in [6.45, 7) is 4.09. The van der Waals surface area contributed by atoms with Crippen molar-refractivity contribution in [2.75, 3.05) is 0 Å². The quantitative estimate of drug-likeness (QED) is 0.556. The zero-order chi connectivity index (χ0) is 20.3. The van der Waals surface area contributed by atoms with Crippen LogP contribution in [0.1, 0.15) is 37.1 Å². The summed E-state index contributed by atoms with van der Waals surface area (Å²) in [5, 5.41) is 8.67. The van der Waals surface area contributed by atoms with E-state index in [4.69, 9.17) is 5.73 Å². The third kappa shape index (κ3) is 2.76. The van der Waals surface area contributed by atoms with Gasteiger partial charge in [-0.25, -0.2) is 17.4 Å². The van der Waals surface area contributed by atoms with Gasteiger partial charge in [-0.1, -0.05) is 24.6 Å². The Hall–Kier alpha value is -2.78. The van der Waals surface area contributed by atoms with E-state index in [1.165, 1.54) is 3.97 Å². The first-order chi connectivity index (χ1) is 13.9. The molecule has 1 aliphatic rings. The highest BCUT2D eigenvalue weighted by atomic mass is 32.2. The summed E-state index contributed by atoms with van der Waals surface area (Å²) in [5.41, 5.74) is 8.79. The van der Waals surface area contributed by atoms with Gasteiger partial charge in [0.05, 0.1) is 16.6 Å². The van der Waals surface area contributed by atoms with Crippen LogP contribution in [0.15, 0.2) is 47.6 Å². The molecule has 150 valence electrons. The number of hydrogen-bond acceptors (Lipinski definition) is 6. The molecular weight excluding hydrogens is 388 g/mol. The molecule has 1 unspecified atom stereocenters. The Morgan fingerprint density at radius 3 is 2.55 bits per heavy atom. The summed E-state index contributed by atoms with van der Waals surface area (Å²) < 4.78 is 29.5. The maximum atomic E-state index is 13.2. The standard InChI is InChI=1S/C20H22N6O2S/c1-12-3-5-15(6-4-12)29(27,28)25-8-7-17-20(25)22-11-18-23-24-19(26(17)18)16-10-14(21)9-13(16)2/h3-8,11,13-14,16H,9-10,21H2,1-2H3/t13-,14+,16?/m1/s1. The van der Waals surface area contributed by atoms with Gasteiger partial charge in [-0.3, -0.25) is 4.40 Å². The Morgan fingerprint density at radius 1 is 1.10 bits per heavy atom. The summed E-state index contributed by atoms with van der Waals surface area (Å²) in [4.78, 5) is 4.61. The van der Waals surface area contributed by atoms with Gasteiger partial charge in [-0.15, -0.1) is 10.2 Å². The molecule has 3 heterocycles. The monoisotopic (exact) mass is 410 g/mol. The van der Waals surface area contributed by atoms with Crippen LogP contribution in [0.2, 0.25) is 0 Å². The van der Waals surface area contributed by atoms with Crippen LogP contribution in [0.4, 0.5) is 0 Å². The lowest BCUT2D eigenvalue weighted by Gasteiger charge is -2.13. The number of aromatic nitrogens is 5. The Bertz CT molecular complexity index is 1320. The minimum atomic E-state index is -3.76. The van der Waals surface area contributed by atoms with Crippen molar-refractivity contribution >= 4 is 26.8 Å². The van der Waals surface area contributed by atoms with Crippen LogP contribution in [0, 0.1) is 12.8 Å². The van der Waals surface area contributed by atoms with Gasteiger partial charge in [-0.05, 0) is 43.9 Å². The van der Waals surface area contributed by atoms with E-state index in [0.29, 0.717) is 22.7 Å². The lowest BCUT2D eigenvalue weighted by atomic mass is 9.97. The third-order valence-electron chi connectivity index (χ3n) is 5.89. The van der Waals surface area contributed by atoms with Crippen molar-refractivity contribution in [1.29, 1.82) is 0 Å². The molecule has 0 bridgehead atoms. The van der Waals surface area contributed by atoms with Gasteiger partial charge in [0.1, 0.15) is 5.82 Å². The maximum absolute atomic E-state index is 13.2. The number of nitrogens with two attached hydrogens (primary N) is 1.